The van der Waals surface area contributed by atoms with E-state index in [1.165, 1.54) is 36.5 Å². The molecular formula is C21H29N5OS. The average Bonchev–Trinajstić information content (AvgIpc) is 3.10. The van der Waals surface area contributed by atoms with Gasteiger partial charge in [-0.25, -0.2) is 0 Å². The summed E-state index contributed by atoms with van der Waals surface area (Å²) in [7, 11) is 2.17. The highest BCUT2D eigenvalue weighted by atomic mass is 32.1. The smallest absolute Gasteiger partial charge is 0.272 e. The molecule has 6 nitrogen and oxygen atoms in total. The van der Waals surface area contributed by atoms with Crippen LogP contribution in [0.4, 0.5) is 5.69 Å². The van der Waals surface area contributed by atoms with Gasteiger partial charge in [0.25, 0.3) is 5.91 Å². The predicted octanol–water partition coefficient (Wildman–Crippen LogP) is 2.61. The number of likely N-dealkylation sites (tertiary alicyclic amines) is 1. The van der Waals surface area contributed by atoms with E-state index in [4.69, 9.17) is 0 Å². The molecule has 3 heterocycles. The highest BCUT2D eigenvalue weighted by molar-refractivity contribution is 7.13. The Labute approximate surface area is 170 Å². The van der Waals surface area contributed by atoms with Gasteiger partial charge >= 0.3 is 0 Å². The molecule has 150 valence electrons. The normalized spacial score (nSPS) is 28.4. The Balaban J connectivity index is 1.26. The Morgan fingerprint density at radius 2 is 2.07 bits per heavy atom. The van der Waals surface area contributed by atoms with Crippen molar-refractivity contribution < 1.29 is 4.79 Å². The number of fused-ring (bicyclic) bond motifs is 1. The zero-order chi connectivity index (χ0) is 19.3. The number of aromatic nitrogens is 1. The lowest BCUT2D eigenvalue weighted by Crippen LogP contribution is -2.69. The van der Waals surface area contributed by atoms with Crippen LogP contribution in [0.1, 0.15) is 36.7 Å². The zero-order valence-corrected chi connectivity index (χ0v) is 17.6. The largest absolute Gasteiger partial charge is 0.369 e. The minimum absolute atomic E-state index is 0.0485. The number of carbonyl (C=O) groups is 1. The molecule has 28 heavy (non-hydrogen) atoms. The molecule has 0 bridgehead atoms. The van der Waals surface area contributed by atoms with Crippen molar-refractivity contribution >= 4 is 33.2 Å². The van der Waals surface area contributed by atoms with Crippen molar-refractivity contribution in [1.29, 1.82) is 0 Å². The topological polar surface area (TPSA) is 51.7 Å². The molecule has 3 fully saturated rings. The van der Waals surface area contributed by atoms with Gasteiger partial charge in [0.1, 0.15) is 5.69 Å². The van der Waals surface area contributed by atoms with Gasteiger partial charge in [-0.2, -0.15) is 4.37 Å². The van der Waals surface area contributed by atoms with Crippen LogP contribution in [0.5, 0.6) is 0 Å². The molecule has 2 saturated heterocycles. The molecule has 1 unspecified atom stereocenters. The fourth-order valence-corrected chi connectivity index (χ4v) is 5.81. The summed E-state index contributed by atoms with van der Waals surface area (Å²) in [5.74, 6) is 0.707. The van der Waals surface area contributed by atoms with Crippen LogP contribution in [0.3, 0.4) is 0 Å². The lowest BCUT2D eigenvalue weighted by Gasteiger charge is -2.62. The van der Waals surface area contributed by atoms with E-state index in [9.17, 15) is 4.79 Å². The number of rotatable bonds is 4. The van der Waals surface area contributed by atoms with Crippen LogP contribution in [-0.2, 0) is 0 Å². The van der Waals surface area contributed by atoms with Gasteiger partial charge in [0.05, 0.1) is 11.4 Å². The molecule has 1 saturated carbocycles. The van der Waals surface area contributed by atoms with Crippen LogP contribution >= 0.6 is 11.5 Å². The van der Waals surface area contributed by atoms with Gasteiger partial charge in [-0.15, -0.1) is 0 Å². The molecule has 3 aliphatic rings. The summed E-state index contributed by atoms with van der Waals surface area (Å²) in [6.07, 6.45) is 3.87. The van der Waals surface area contributed by atoms with Gasteiger partial charge in [0, 0.05) is 49.3 Å². The second-order valence-electron chi connectivity index (χ2n) is 8.72. The SMILES string of the molecule is C[C@H]1CCC12CCN2CNC(=O)c1nsc2cc(N3CCN(C)CC3)ccc12. The summed E-state index contributed by atoms with van der Waals surface area (Å²) in [6, 6.07) is 6.40. The molecule has 2 aromatic rings. The van der Waals surface area contributed by atoms with Crippen LogP contribution in [0.2, 0.25) is 0 Å². The Kier molecular flexibility index (Phi) is 4.56. The van der Waals surface area contributed by atoms with E-state index >= 15 is 0 Å². The molecule has 0 radical (unpaired) electrons. The van der Waals surface area contributed by atoms with Crippen LogP contribution in [0.25, 0.3) is 10.1 Å². The van der Waals surface area contributed by atoms with Crippen molar-refractivity contribution in [2.45, 2.75) is 31.7 Å². The van der Waals surface area contributed by atoms with Crippen LogP contribution in [0, 0.1) is 5.92 Å². The fourth-order valence-electron chi connectivity index (χ4n) is 5.00. The van der Waals surface area contributed by atoms with Crippen LogP contribution < -0.4 is 10.2 Å². The molecule has 5 rings (SSSR count). The van der Waals surface area contributed by atoms with Gasteiger partial charge in [-0.3, -0.25) is 9.69 Å². The Bertz CT molecular complexity index is 886. The molecule has 1 aliphatic carbocycles. The maximum Gasteiger partial charge on any atom is 0.272 e. The predicted molar refractivity (Wildman–Crippen MR) is 114 cm³/mol. The quantitative estimate of drug-likeness (QED) is 0.857. The summed E-state index contributed by atoms with van der Waals surface area (Å²) < 4.78 is 5.58. The Morgan fingerprint density at radius 1 is 1.25 bits per heavy atom. The second kappa shape index (κ2) is 6.97. The first kappa shape index (κ1) is 18.3. The number of hydrogen-bond donors (Lipinski definition) is 1. The van der Waals surface area contributed by atoms with E-state index in [1.54, 1.807) is 0 Å². The minimum Gasteiger partial charge on any atom is -0.369 e. The van der Waals surface area contributed by atoms with Crippen molar-refractivity contribution in [3.8, 4) is 0 Å². The third-order valence-corrected chi connectivity index (χ3v) is 8.15. The number of benzene rings is 1. The average molecular weight is 400 g/mol. The minimum atomic E-state index is -0.0485. The van der Waals surface area contributed by atoms with E-state index in [1.807, 2.05) is 0 Å². The van der Waals surface area contributed by atoms with E-state index in [0.29, 0.717) is 17.9 Å². The standard InChI is InChI=1S/C21H29N5OS/c1-15-5-6-21(15)7-8-26(21)14-22-20(27)19-17-4-3-16(13-18(17)28-23-19)25-11-9-24(2)10-12-25/h3-4,13,15H,5-12,14H2,1-2H3,(H,22,27)/t15-,21?/m0/s1. The number of nitrogens with one attached hydrogen (secondary N) is 1. The number of likely N-dealkylation sites (N-methyl/N-ethyl adjacent to an activating group) is 1. The first-order chi connectivity index (χ1) is 13.6. The van der Waals surface area contributed by atoms with Gasteiger partial charge < -0.3 is 15.1 Å². The first-order valence-electron chi connectivity index (χ1n) is 10.4. The number of anilines is 1. The van der Waals surface area contributed by atoms with E-state index < -0.39 is 0 Å². The first-order valence-corrected chi connectivity index (χ1v) is 11.2. The molecule has 1 aromatic carbocycles. The van der Waals surface area contributed by atoms with Crippen molar-refractivity contribution in [3.63, 3.8) is 0 Å². The van der Waals surface area contributed by atoms with E-state index in [0.717, 1.165) is 48.7 Å². The van der Waals surface area contributed by atoms with Gasteiger partial charge in [0.2, 0.25) is 0 Å². The van der Waals surface area contributed by atoms with E-state index in [2.05, 4.69) is 56.6 Å². The number of piperazine rings is 1. The molecule has 1 spiro atoms. The maximum atomic E-state index is 12.8. The van der Waals surface area contributed by atoms with Crippen molar-refractivity contribution in [2.24, 2.45) is 5.92 Å². The van der Waals surface area contributed by atoms with E-state index in [-0.39, 0.29) is 5.91 Å². The number of carbonyl (C=O) groups excluding carboxylic acids is 1. The molecule has 1 aromatic heterocycles. The monoisotopic (exact) mass is 399 g/mol. The summed E-state index contributed by atoms with van der Waals surface area (Å²) in [4.78, 5) is 20.0. The summed E-state index contributed by atoms with van der Waals surface area (Å²) in [5, 5.41) is 4.09. The number of hydrogen-bond acceptors (Lipinski definition) is 6. The Morgan fingerprint density at radius 3 is 2.71 bits per heavy atom. The molecule has 2 aliphatic heterocycles. The van der Waals surface area contributed by atoms with Crippen molar-refractivity contribution in [3.05, 3.63) is 23.9 Å². The Hall–Kier alpha value is -1.70. The number of nitrogens with zero attached hydrogens (tertiary/aromatic N) is 4. The molecular weight excluding hydrogens is 370 g/mol. The highest BCUT2D eigenvalue weighted by Crippen LogP contribution is 2.50. The summed E-state index contributed by atoms with van der Waals surface area (Å²) in [6.45, 7) is 8.34. The van der Waals surface area contributed by atoms with Crippen molar-refractivity contribution in [2.75, 3.05) is 51.3 Å². The van der Waals surface area contributed by atoms with Gasteiger partial charge in [-0.05, 0) is 62.0 Å². The van der Waals surface area contributed by atoms with Crippen molar-refractivity contribution in [1.82, 2.24) is 19.5 Å². The third-order valence-electron chi connectivity index (χ3n) is 7.34. The lowest BCUT2D eigenvalue weighted by molar-refractivity contribution is -0.118. The zero-order valence-electron chi connectivity index (χ0n) is 16.8. The van der Waals surface area contributed by atoms with Gasteiger partial charge in [0.15, 0.2) is 0 Å². The molecule has 7 heteroatoms. The third kappa shape index (κ3) is 2.91. The van der Waals surface area contributed by atoms with Crippen LogP contribution in [0.15, 0.2) is 18.2 Å². The summed E-state index contributed by atoms with van der Waals surface area (Å²) in [5.41, 5.74) is 2.17. The van der Waals surface area contributed by atoms with Gasteiger partial charge in [-0.1, -0.05) is 6.92 Å². The molecule has 1 N–H and O–H groups in total. The summed E-state index contributed by atoms with van der Waals surface area (Å²) >= 11 is 1.43. The lowest BCUT2D eigenvalue weighted by atomic mass is 9.60. The highest BCUT2D eigenvalue weighted by Gasteiger charge is 2.53. The fraction of sp³-hybridized carbons (Fsp3) is 0.619. The second-order valence-corrected chi connectivity index (χ2v) is 9.53. The molecule has 2 atom stereocenters. The molecule has 1 amide bonds. The van der Waals surface area contributed by atoms with Crippen LogP contribution in [-0.4, -0.2) is 72.1 Å². The number of amides is 1. The maximum absolute atomic E-state index is 12.8.